The number of amides is 1. The minimum Gasteiger partial charge on any atom is -0.307 e. The van der Waals surface area contributed by atoms with Crippen molar-refractivity contribution in [3.05, 3.63) is 82.7 Å². The summed E-state index contributed by atoms with van der Waals surface area (Å²) in [4.78, 5) is 31.2. The van der Waals surface area contributed by atoms with Gasteiger partial charge in [0, 0.05) is 23.4 Å². The quantitative estimate of drug-likeness (QED) is 0.719. The number of nitrogens with zero attached hydrogens (tertiary/aromatic N) is 3. The summed E-state index contributed by atoms with van der Waals surface area (Å²) in [6, 6.07) is 15.2. The van der Waals surface area contributed by atoms with Crippen LogP contribution >= 0.6 is 0 Å². The SMILES string of the molecule is CC1Cc2ccccc2N1C(=O)Cn1cnc(-c2ccccc2F)cc1=O. The lowest BCUT2D eigenvalue weighted by Crippen LogP contribution is -2.39. The van der Waals surface area contributed by atoms with E-state index in [-0.39, 0.29) is 29.8 Å². The molecule has 5 nitrogen and oxygen atoms in total. The molecule has 0 fully saturated rings. The fourth-order valence-corrected chi connectivity index (χ4v) is 3.53. The molecule has 0 saturated carbocycles. The molecule has 1 amide bonds. The van der Waals surface area contributed by atoms with Crippen LogP contribution in [0.5, 0.6) is 0 Å². The standard InChI is InChI=1S/C21H18FN3O2/c1-14-10-15-6-2-5-9-19(15)25(14)21(27)12-24-13-23-18(11-20(24)26)16-7-3-4-8-17(16)22/h2-9,11,13-14H,10,12H2,1H3. The Bertz CT molecular complexity index is 1080. The van der Waals surface area contributed by atoms with E-state index < -0.39 is 11.4 Å². The predicted molar refractivity (Wildman–Crippen MR) is 101 cm³/mol. The molecule has 2 aromatic carbocycles. The van der Waals surface area contributed by atoms with Crippen molar-refractivity contribution >= 4 is 11.6 Å². The summed E-state index contributed by atoms with van der Waals surface area (Å²) in [6.45, 7) is 1.88. The number of fused-ring (bicyclic) bond motifs is 1. The number of halogens is 1. The molecule has 1 aliphatic heterocycles. The predicted octanol–water partition coefficient (Wildman–Crippen LogP) is 3.03. The van der Waals surface area contributed by atoms with Crippen molar-refractivity contribution in [1.82, 2.24) is 9.55 Å². The third kappa shape index (κ3) is 3.14. The largest absolute Gasteiger partial charge is 0.307 e. The first-order valence-corrected chi connectivity index (χ1v) is 8.76. The second-order valence-electron chi connectivity index (χ2n) is 6.67. The highest BCUT2D eigenvalue weighted by Gasteiger charge is 2.30. The van der Waals surface area contributed by atoms with E-state index in [1.165, 1.54) is 23.0 Å². The van der Waals surface area contributed by atoms with Gasteiger partial charge in [0.25, 0.3) is 5.56 Å². The molecular formula is C21H18FN3O2. The van der Waals surface area contributed by atoms with Crippen LogP contribution < -0.4 is 10.5 Å². The molecule has 1 unspecified atom stereocenters. The van der Waals surface area contributed by atoms with Crippen LogP contribution in [0.1, 0.15) is 12.5 Å². The normalized spacial score (nSPS) is 15.6. The highest BCUT2D eigenvalue weighted by Crippen LogP contribution is 2.31. The van der Waals surface area contributed by atoms with Gasteiger partial charge in [-0.2, -0.15) is 0 Å². The fraction of sp³-hybridized carbons (Fsp3) is 0.190. The topological polar surface area (TPSA) is 55.2 Å². The van der Waals surface area contributed by atoms with Gasteiger partial charge in [0.1, 0.15) is 12.4 Å². The summed E-state index contributed by atoms with van der Waals surface area (Å²) in [6.07, 6.45) is 2.09. The molecule has 1 aromatic heterocycles. The van der Waals surface area contributed by atoms with Crippen molar-refractivity contribution in [1.29, 1.82) is 0 Å². The van der Waals surface area contributed by atoms with Crippen molar-refractivity contribution < 1.29 is 9.18 Å². The highest BCUT2D eigenvalue weighted by atomic mass is 19.1. The smallest absolute Gasteiger partial charge is 0.254 e. The van der Waals surface area contributed by atoms with Gasteiger partial charge in [-0.25, -0.2) is 9.37 Å². The molecule has 27 heavy (non-hydrogen) atoms. The van der Waals surface area contributed by atoms with Gasteiger partial charge >= 0.3 is 0 Å². The minimum atomic E-state index is -0.444. The molecule has 1 atom stereocenters. The van der Waals surface area contributed by atoms with Crippen LogP contribution in [0.2, 0.25) is 0 Å². The lowest BCUT2D eigenvalue weighted by molar-refractivity contribution is -0.119. The molecule has 1 aliphatic rings. The zero-order valence-corrected chi connectivity index (χ0v) is 14.8. The Balaban J connectivity index is 1.59. The average Bonchev–Trinajstić information content (AvgIpc) is 2.99. The summed E-state index contributed by atoms with van der Waals surface area (Å²) < 4.78 is 15.1. The van der Waals surface area contributed by atoms with E-state index >= 15 is 0 Å². The van der Waals surface area contributed by atoms with Crippen molar-refractivity contribution in [2.45, 2.75) is 25.9 Å². The Morgan fingerprint density at radius 3 is 2.70 bits per heavy atom. The van der Waals surface area contributed by atoms with Crippen molar-refractivity contribution in [2.75, 3.05) is 4.90 Å². The summed E-state index contributed by atoms with van der Waals surface area (Å²) in [5.74, 6) is -0.615. The maximum Gasteiger partial charge on any atom is 0.254 e. The summed E-state index contributed by atoms with van der Waals surface area (Å²) in [5, 5.41) is 0. The average molecular weight is 363 g/mol. The Morgan fingerprint density at radius 1 is 1.19 bits per heavy atom. The van der Waals surface area contributed by atoms with Gasteiger partial charge in [-0.05, 0) is 37.1 Å². The van der Waals surface area contributed by atoms with Gasteiger partial charge < -0.3 is 4.90 Å². The molecule has 6 heteroatoms. The molecule has 0 N–H and O–H groups in total. The third-order valence-electron chi connectivity index (χ3n) is 4.81. The molecular weight excluding hydrogens is 345 g/mol. The lowest BCUT2D eigenvalue weighted by Gasteiger charge is -2.23. The number of anilines is 1. The molecule has 0 aliphatic carbocycles. The monoisotopic (exact) mass is 363 g/mol. The van der Waals surface area contributed by atoms with E-state index in [2.05, 4.69) is 4.98 Å². The summed E-state index contributed by atoms with van der Waals surface area (Å²) >= 11 is 0. The van der Waals surface area contributed by atoms with E-state index in [0.717, 1.165) is 17.7 Å². The molecule has 136 valence electrons. The maximum atomic E-state index is 13.9. The Morgan fingerprint density at radius 2 is 1.93 bits per heavy atom. The third-order valence-corrected chi connectivity index (χ3v) is 4.81. The molecule has 3 aromatic rings. The first-order valence-electron chi connectivity index (χ1n) is 8.76. The number of hydrogen-bond acceptors (Lipinski definition) is 3. The second kappa shape index (κ2) is 6.79. The van der Waals surface area contributed by atoms with Gasteiger partial charge in [-0.3, -0.25) is 14.2 Å². The zero-order valence-electron chi connectivity index (χ0n) is 14.8. The number of rotatable bonds is 3. The van der Waals surface area contributed by atoms with Gasteiger partial charge in [0.05, 0.1) is 12.0 Å². The van der Waals surface area contributed by atoms with Crippen molar-refractivity contribution in [2.24, 2.45) is 0 Å². The number of para-hydroxylation sites is 1. The van der Waals surface area contributed by atoms with Gasteiger partial charge in [-0.15, -0.1) is 0 Å². The van der Waals surface area contributed by atoms with Gasteiger partial charge in [-0.1, -0.05) is 30.3 Å². The minimum absolute atomic E-state index is 0.0382. The summed E-state index contributed by atoms with van der Waals surface area (Å²) in [5.41, 5.74) is 2.13. The Labute approximate surface area is 155 Å². The Hall–Kier alpha value is -3.28. The van der Waals surface area contributed by atoms with Crippen molar-refractivity contribution in [3.8, 4) is 11.3 Å². The Kier molecular flexibility index (Phi) is 4.32. The van der Waals surface area contributed by atoms with Crippen LogP contribution in [0.3, 0.4) is 0 Å². The van der Waals surface area contributed by atoms with Gasteiger partial charge in [0.2, 0.25) is 5.91 Å². The maximum absolute atomic E-state index is 13.9. The number of carbonyl (C=O) groups excluding carboxylic acids is 1. The molecule has 0 bridgehead atoms. The van der Waals surface area contributed by atoms with Crippen LogP contribution in [-0.2, 0) is 17.8 Å². The molecule has 0 spiro atoms. The molecule has 4 rings (SSSR count). The van der Waals surface area contributed by atoms with Crippen LogP contribution in [0.25, 0.3) is 11.3 Å². The number of benzene rings is 2. The van der Waals surface area contributed by atoms with Crippen molar-refractivity contribution in [3.63, 3.8) is 0 Å². The van der Waals surface area contributed by atoms with Crippen LogP contribution in [0.4, 0.5) is 10.1 Å². The highest BCUT2D eigenvalue weighted by molar-refractivity contribution is 5.96. The molecule has 2 heterocycles. The number of hydrogen-bond donors (Lipinski definition) is 0. The van der Waals surface area contributed by atoms with Gasteiger partial charge in [0.15, 0.2) is 0 Å². The van der Waals surface area contributed by atoms with Crippen LogP contribution in [0, 0.1) is 5.82 Å². The zero-order chi connectivity index (χ0) is 19.0. The second-order valence-corrected chi connectivity index (χ2v) is 6.67. The van der Waals surface area contributed by atoms with Crippen LogP contribution in [0.15, 0.2) is 65.7 Å². The first kappa shape index (κ1) is 17.1. The van der Waals surface area contributed by atoms with Crippen LogP contribution in [-0.4, -0.2) is 21.5 Å². The van der Waals surface area contributed by atoms with E-state index in [1.54, 1.807) is 23.1 Å². The number of carbonyl (C=O) groups is 1. The molecule has 0 saturated heterocycles. The first-order chi connectivity index (χ1) is 13.0. The fourth-order valence-electron chi connectivity index (χ4n) is 3.53. The van der Waals surface area contributed by atoms with E-state index in [4.69, 9.17) is 0 Å². The lowest BCUT2D eigenvalue weighted by atomic mass is 10.1. The van der Waals surface area contributed by atoms with E-state index in [1.807, 2.05) is 31.2 Å². The molecule has 0 radical (unpaired) electrons. The van der Waals surface area contributed by atoms with E-state index in [9.17, 15) is 14.0 Å². The van der Waals surface area contributed by atoms with E-state index in [0.29, 0.717) is 0 Å². The summed E-state index contributed by atoms with van der Waals surface area (Å²) in [7, 11) is 0. The number of aromatic nitrogens is 2.